The van der Waals surface area contributed by atoms with Crippen LogP contribution in [-0.2, 0) is 4.74 Å². The molecule has 0 saturated carbocycles. The molecule has 1 aromatic rings. The number of hydrogen-bond donors (Lipinski definition) is 0. The molecule has 2 heterocycles. The third-order valence-corrected chi connectivity index (χ3v) is 3.88. The molecule has 1 saturated heterocycles. The monoisotopic (exact) mass is 264 g/mol. The van der Waals surface area contributed by atoms with Crippen molar-refractivity contribution in [2.75, 3.05) is 18.1 Å². The van der Waals surface area contributed by atoms with E-state index in [2.05, 4.69) is 9.97 Å². The lowest BCUT2D eigenvalue weighted by molar-refractivity contribution is 0.0694. The number of hydrogen-bond acceptors (Lipinski definition) is 4. The van der Waals surface area contributed by atoms with Gasteiger partial charge in [0.2, 0.25) is 0 Å². The van der Waals surface area contributed by atoms with Gasteiger partial charge in [-0.2, -0.15) is 11.8 Å². The van der Waals surface area contributed by atoms with Crippen molar-refractivity contribution in [3.8, 4) is 0 Å². The summed E-state index contributed by atoms with van der Waals surface area (Å²) < 4.78 is 5.55. The maximum atomic E-state index is 5.94. The molecule has 0 spiro atoms. The summed E-state index contributed by atoms with van der Waals surface area (Å²) in [6.07, 6.45) is -0.0839. The van der Waals surface area contributed by atoms with Gasteiger partial charge in [0.15, 0.2) is 5.82 Å². The maximum absolute atomic E-state index is 5.94. The van der Waals surface area contributed by atoms with Crippen LogP contribution in [0.25, 0.3) is 0 Å². The predicted molar refractivity (Wildman–Crippen MR) is 62.8 cm³/mol. The summed E-state index contributed by atoms with van der Waals surface area (Å²) in [5.74, 6) is 2.46. The number of ether oxygens (including phenoxy) is 1. The van der Waals surface area contributed by atoms with Crippen molar-refractivity contribution in [1.82, 2.24) is 9.97 Å². The topological polar surface area (TPSA) is 35.0 Å². The van der Waals surface area contributed by atoms with Crippen LogP contribution in [0.2, 0.25) is 10.3 Å². The Balaban J connectivity index is 2.27. The summed E-state index contributed by atoms with van der Waals surface area (Å²) in [5, 5.41) is 0.813. The lowest BCUT2D eigenvalue weighted by Crippen LogP contribution is -2.18. The van der Waals surface area contributed by atoms with E-state index < -0.39 is 0 Å². The summed E-state index contributed by atoms with van der Waals surface area (Å²) in [5.41, 5.74) is 0.713. The summed E-state index contributed by atoms with van der Waals surface area (Å²) in [4.78, 5) is 8.38. The molecule has 0 radical (unpaired) electrons. The van der Waals surface area contributed by atoms with Crippen LogP contribution in [0.1, 0.15) is 17.5 Å². The second kappa shape index (κ2) is 4.87. The van der Waals surface area contributed by atoms with Crippen LogP contribution in [-0.4, -0.2) is 28.1 Å². The summed E-state index contributed by atoms with van der Waals surface area (Å²) in [6.45, 7) is 2.52. The zero-order chi connectivity index (χ0) is 10.8. The van der Waals surface area contributed by atoms with E-state index in [4.69, 9.17) is 27.9 Å². The van der Waals surface area contributed by atoms with Gasteiger partial charge in [0, 0.05) is 17.1 Å². The molecule has 1 aliphatic rings. The van der Waals surface area contributed by atoms with Crippen LogP contribution in [0.4, 0.5) is 0 Å². The smallest absolute Gasteiger partial charge is 0.161 e. The highest BCUT2D eigenvalue weighted by Crippen LogP contribution is 2.27. The lowest BCUT2D eigenvalue weighted by Gasteiger charge is -2.21. The average molecular weight is 265 g/mol. The Morgan fingerprint density at radius 3 is 2.53 bits per heavy atom. The molecule has 3 nitrogen and oxygen atoms in total. The van der Waals surface area contributed by atoms with Crippen molar-refractivity contribution < 1.29 is 4.74 Å². The summed E-state index contributed by atoms with van der Waals surface area (Å²) >= 11 is 13.7. The van der Waals surface area contributed by atoms with E-state index in [1.54, 1.807) is 6.92 Å². The molecule has 0 N–H and O–H groups in total. The molecule has 15 heavy (non-hydrogen) atoms. The number of rotatable bonds is 1. The van der Waals surface area contributed by atoms with E-state index in [1.165, 1.54) is 0 Å². The molecule has 1 unspecified atom stereocenters. The Bertz CT molecular complexity index is 346. The minimum absolute atomic E-state index is 0.0839. The minimum Gasteiger partial charge on any atom is -0.368 e. The van der Waals surface area contributed by atoms with Crippen LogP contribution in [0.3, 0.4) is 0 Å². The molecule has 0 bridgehead atoms. The van der Waals surface area contributed by atoms with Crippen LogP contribution >= 0.6 is 35.0 Å². The van der Waals surface area contributed by atoms with Gasteiger partial charge < -0.3 is 4.74 Å². The van der Waals surface area contributed by atoms with Crippen LogP contribution in [0.15, 0.2) is 0 Å². The van der Waals surface area contributed by atoms with E-state index in [9.17, 15) is 0 Å². The van der Waals surface area contributed by atoms with Gasteiger partial charge in [0.05, 0.1) is 6.61 Å². The van der Waals surface area contributed by atoms with Crippen molar-refractivity contribution in [3.63, 3.8) is 0 Å². The predicted octanol–water partition coefficient (Wildman–Crippen LogP) is 2.90. The second-order valence-electron chi connectivity index (χ2n) is 3.22. The first-order valence-electron chi connectivity index (χ1n) is 4.57. The van der Waals surface area contributed by atoms with Crippen LogP contribution in [0.5, 0.6) is 0 Å². The third-order valence-electron chi connectivity index (χ3n) is 2.15. The lowest BCUT2D eigenvalue weighted by atomic mass is 10.3. The molecule has 0 amide bonds. The van der Waals surface area contributed by atoms with E-state index in [0.29, 0.717) is 21.7 Å². The Kier molecular flexibility index (Phi) is 3.72. The Labute approximate surface area is 103 Å². The highest BCUT2D eigenvalue weighted by atomic mass is 35.5. The number of halogens is 2. The SMILES string of the molecule is Cc1c(Cl)nc(C2CSCCO2)nc1Cl. The molecule has 1 atom stereocenters. The molecule has 0 aliphatic carbocycles. The van der Waals surface area contributed by atoms with Gasteiger partial charge in [0.25, 0.3) is 0 Å². The molecular weight excluding hydrogens is 255 g/mol. The molecule has 2 rings (SSSR count). The quantitative estimate of drug-likeness (QED) is 0.731. The van der Waals surface area contributed by atoms with Crippen molar-refractivity contribution in [3.05, 3.63) is 21.7 Å². The first-order valence-corrected chi connectivity index (χ1v) is 6.48. The standard InChI is InChI=1S/C9H10Cl2N2OS/c1-5-7(10)12-9(13-8(5)11)6-4-15-3-2-14-6/h6H,2-4H2,1H3. The summed E-state index contributed by atoms with van der Waals surface area (Å²) in [7, 11) is 0. The van der Waals surface area contributed by atoms with Crippen molar-refractivity contribution in [2.45, 2.75) is 13.0 Å². The van der Waals surface area contributed by atoms with E-state index >= 15 is 0 Å². The average Bonchev–Trinajstić information content (AvgIpc) is 2.26. The van der Waals surface area contributed by atoms with E-state index in [0.717, 1.165) is 18.1 Å². The van der Waals surface area contributed by atoms with Gasteiger partial charge in [-0.1, -0.05) is 23.2 Å². The Hall–Kier alpha value is -0.0300. The van der Waals surface area contributed by atoms with Crippen LogP contribution < -0.4 is 0 Å². The van der Waals surface area contributed by atoms with Gasteiger partial charge in [-0.15, -0.1) is 0 Å². The Morgan fingerprint density at radius 2 is 2.00 bits per heavy atom. The van der Waals surface area contributed by atoms with Crippen LogP contribution in [0, 0.1) is 6.92 Å². The highest BCUT2D eigenvalue weighted by Gasteiger charge is 2.21. The second-order valence-corrected chi connectivity index (χ2v) is 5.09. The molecule has 6 heteroatoms. The molecule has 0 aromatic carbocycles. The zero-order valence-electron chi connectivity index (χ0n) is 8.17. The normalized spacial score (nSPS) is 21.7. The molecular formula is C9H10Cl2N2OS. The van der Waals surface area contributed by atoms with E-state index in [-0.39, 0.29) is 6.10 Å². The molecule has 82 valence electrons. The fraction of sp³-hybridized carbons (Fsp3) is 0.556. The van der Waals surface area contributed by atoms with Crippen molar-refractivity contribution in [2.24, 2.45) is 0 Å². The first kappa shape index (κ1) is 11.5. The molecule has 1 aromatic heterocycles. The van der Waals surface area contributed by atoms with Gasteiger partial charge in [-0.3, -0.25) is 0 Å². The third kappa shape index (κ3) is 2.56. The molecule has 1 aliphatic heterocycles. The maximum Gasteiger partial charge on any atom is 0.161 e. The largest absolute Gasteiger partial charge is 0.368 e. The van der Waals surface area contributed by atoms with Gasteiger partial charge >= 0.3 is 0 Å². The highest BCUT2D eigenvalue weighted by molar-refractivity contribution is 7.99. The summed E-state index contributed by atoms with van der Waals surface area (Å²) in [6, 6.07) is 0. The number of thioether (sulfide) groups is 1. The minimum atomic E-state index is -0.0839. The fourth-order valence-electron chi connectivity index (χ4n) is 1.26. The Morgan fingerprint density at radius 1 is 1.33 bits per heavy atom. The van der Waals surface area contributed by atoms with Gasteiger partial charge in [0.1, 0.15) is 16.4 Å². The first-order chi connectivity index (χ1) is 7.18. The number of nitrogens with zero attached hydrogens (tertiary/aromatic N) is 2. The fourth-order valence-corrected chi connectivity index (χ4v) is 2.50. The van der Waals surface area contributed by atoms with Gasteiger partial charge in [-0.05, 0) is 6.92 Å². The van der Waals surface area contributed by atoms with Crippen molar-refractivity contribution >= 4 is 35.0 Å². The van der Waals surface area contributed by atoms with Crippen molar-refractivity contribution in [1.29, 1.82) is 0 Å². The van der Waals surface area contributed by atoms with E-state index in [1.807, 2.05) is 11.8 Å². The zero-order valence-corrected chi connectivity index (χ0v) is 10.5. The van der Waals surface area contributed by atoms with Gasteiger partial charge in [-0.25, -0.2) is 9.97 Å². The number of aromatic nitrogens is 2. The molecule has 1 fully saturated rings.